The number of hydrogen-bond acceptors (Lipinski definition) is 5. The Hall–Kier alpha value is 0.380. The number of carbonyl (C=O) groups is 1. The van der Waals surface area contributed by atoms with Crippen molar-refractivity contribution in [2.24, 2.45) is 0 Å². The van der Waals surface area contributed by atoms with Crippen LogP contribution in [0.5, 0.6) is 0 Å². The van der Waals surface area contributed by atoms with Crippen molar-refractivity contribution in [2.75, 3.05) is 12.4 Å². The SMILES string of the molecule is CC(=O)OCCCS(=O)(=O)[O-].[Na+]. The zero-order chi connectivity index (χ0) is 8.91. The van der Waals surface area contributed by atoms with Crippen LogP contribution in [0.2, 0.25) is 0 Å². The summed E-state index contributed by atoms with van der Waals surface area (Å²) in [5.41, 5.74) is 0. The van der Waals surface area contributed by atoms with Crippen molar-refractivity contribution in [3.05, 3.63) is 0 Å². The molecule has 0 N–H and O–H groups in total. The van der Waals surface area contributed by atoms with Crippen LogP contribution in [0.25, 0.3) is 0 Å². The maximum atomic E-state index is 10.1. The molecule has 0 radical (unpaired) electrons. The third-order valence-electron chi connectivity index (χ3n) is 0.844. The Morgan fingerprint density at radius 2 is 2.00 bits per heavy atom. The molecule has 0 fully saturated rings. The predicted octanol–water partition coefficient (Wildman–Crippen LogP) is -3.51. The molecule has 0 saturated heterocycles. The van der Waals surface area contributed by atoms with Gasteiger partial charge in [-0.25, -0.2) is 8.42 Å². The van der Waals surface area contributed by atoms with Gasteiger partial charge in [-0.05, 0) is 6.42 Å². The third-order valence-corrected chi connectivity index (χ3v) is 1.63. The summed E-state index contributed by atoms with van der Waals surface area (Å²) in [7, 11) is -4.16. The quantitative estimate of drug-likeness (QED) is 0.205. The van der Waals surface area contributed by atoms with Crippen molar-refractivity contribution in [1.82, 2.24) is 0 Å². The Labute approximate surface area is 93.5 Å². The van der Waals surface area contributed by atoms with Gasteiger partial charge in [0.2, 0.25) is 0 Å². The second-order valence-corrected chi connectivity index (χ2v) is 3.48. The van der Waals surface area contributed by atoms with Gasteiger partial charge in [0.1, 0.15) is 0 Å². The van der Waals surface area contributed by atoms with E-state index in [9.17, 15) is 17.8 Å². The average Bonchev–Trinajstić information content (AvgIpc) is 1.78. The summed E-state index contributed by atoms with van der Waals surface area (Å²) in [6, 6.07) is 0. The van der Waals surface area contributed by atoms with Crippen LogP contribution in [0.1, 0.15) is 13.3 Å². The molecule has 0 aromatic rings. The average molecular weight is 204 g/mol. The number of esters is 1. The second-order valence-electron chi connectivity index (χ2n) is 1.96. The molecule has 0 aliphatic rings. The molecule has 0 spiro atoms. The molecular weight excluding hydrogens is 195 g/mol. The normalized spacial score (nSPS) is 10.2. The van der Waals surface area contributed by atoms with Gasteiger partial charge in [0, 0.05) is 12.7 Å². The van der Waals surface area contributed by atoms with Crippen LogP contribution in [0.4, 0.5) is 0 Å². The molecule has 0 atom stereocenters. The summed E-state index contributed by atoms with van der Waals surface area (Å²) in [4.78, 5) is 10.1. The van der Waals surface area contributed by atoms with Crippen molar-refractivity contribution in [3.8, 4) is 0 Å². The number of rotatable bonds is 4. The molecular formula is C5H9NaO5S. The number of hydrogen-bond donors (Lipinski definition) is 0. The Morgan fingerprint density at radius 3 is 2.33 bits per heavy atom. The minimum atomic E-state index is -4.16. The van der Waals surface area contributed by atoms with Crippen LogP contribution in [0.3, 0.4) is 0 Å². The Kier molecular flexibility index (Phi) is 8.49. The van der Waals surface area contributed by atoms with Gasteiger partial charge in [-0.2, -0.15) is 0 Å². The molecule has 0 rings (SSSR count). The van der Waals surface area contributed by atoms with E-state index < -0.39 is 21.8 Å². The molecule has 0 aromatic heterocycles. The molecule has 0 heterocycles. The Balaban J connectivity index is 0. The summed E-state index contributed by atoms with van der Waals surface area (Å²) in [6.07, 6.45) is 0.0609. The van der Waals surface area contributed by atoms with Crippen molar-refractivity contribution in [3.63, 3.8) is 0 Å². The molecule has 5 nitrogen and oxygen atoms in total. The largest absolute Gasteiger partial charge is 1.00 e. The first-order chi connectivity index (χ1) is 4.92. The predicted molar refractivity (Wildman–Crippen MR) is 35.8 cm³/mol. The summed E-state index contributed by atoms with van der Waals surface area (Å²) in [6.45, 7) is 1.20. The van der Waals surface area contributed by atoms with Gasteiger partial charge in [-0.1, -0.05) is 0 Å². The summed E-state index contributed by atoms with van der Waals surface area (Å²) in [5, 5.41) is 0. The first-order valence-corrected chi connectivity index (χ1v) is 4.56. The summed E-state index contributed by atoms with van der Waals surface area (Å²) in [5.74, 6) is -0.964. The molecule has 0 unspecified atom stereocenters. The topological polar surface area (TPSA) is 83.5 Å². The fourth-order valence-electron chi connectivity index (χ4n) is 0.452. The molecule has 0 saturated carbocycles. The van der Waals surface area contributed by atoms with Crippen LogP contribution in [-0.4, -0.2) is 31.3 Å². The van der Waals surface area contributed by atoms with Gasteiger partial charge in [0.05, 0.1) is 16.7 Å². The molecule has 12 heavy (non-hydrogen) atoms. The van der Waals surface area contributed by atoms with E-state index in [0.29, 0.717) is 0 Å². The zero-order valence-electron chi connectivity index (χ0n) is 7.07. The number of ether oxygens (including phenoxy) is 1. The van der Waals surface area contributed by atoms with Gasteiger partial charge >= 0.3 is 35.5 Å². The van der Waals surface area contributed by atoms with Gasteiger partial charge < -0.3 is 9.29 Å². The molecule has 0 bridgehead atoms. The minimum Gasteiger partial charge on any atom is -0.748 e. The van der Waals surface area contributed by atoms with E-state index in [-0.39, 0.29) is 42.6 Å². The van der Waals surface area contributed by atoms with Crippen LogP contribution < -0.4 is 29.6 Å². The summed E-state index contributed by atoms with van der Waals surface area (Å²) >= 11 is 0. The van der Waals surface area contributed by atoms with E-state index in [0.717, 1.165) is 0 Å². The van der Waals surface area contributed by atoms with E-state index >= 15 is 0 Å². The summed E-state index contributed by atoms with van der Waals surface area (Å²) < 4.78 is 34.3. The van der Waals surface area contributed by atoms with E-state index in [1.54, 1.807) is 0 Å². The van der Waals surface area contributed by atoms with Gasteiger partial charge in [0.25, 0.3) is 0 Å². The van der Waals surface area contributed by atoms with Crippen LogP contribution >= 0.6 is 0 Å². The van der Waals surface area contributed by atoms with Crippen molar-refractivity contribution in [2.45, 2.75) is 13.3 Å². The molecule has 0 aliphatic heterocycles. The third kappa shape index (κ3) is 13.0. The minimum absolute atomic E-state index is 0. The standard InChI is InChI=1S/C5H10O5S.Na/c1-5(6)10-3-2-4-11(7,8)9;/h2-4H2,1H3,(H,7,8,9);/q;+1/p-1. The molecule has 7 heteroatoms. The van der Waals surface area contributed by atoms with E-state index in [1.165, 1.54) is 6.92 Å². The molecule has 66 valence electrons. The van der Waals surface area contributed by atoms with Crippen molar-refractivity contribution < 1.29 is 52.1 Å². The van der Waals surface area contributed by atoms with Crippen LogP contribution in [-0.2, 0) is 19.6 Å². The first-order valence-electron chi connectivity index (χ1n) is 2.99. The van der Waals surface area contributed by atoms with Gasteiger partial charge in [-0.15, -0.1) is 0 Å². The zero-order valence-corrected chi connectivity index (χ0v) is 9.89. The Morgan fingerprint density at radius 1 is 1.50 bits per heavy atom. The Bertz CT molecular complexity index is 222. The van der Waals surface area contributed by atoms with Crippen molar-refractivity contribution in [1.29, 1.82) is 0 Å². The second kappa shape index (κ2) is 6.85. The van der Waals surface area contributed by atoms with Crippen molar-refractivity contribution >= 4 is 16.1 Å². The van der Waals surface area contributed by atoms with E-state index in [4.69, 9.17) is 0 Å². The molecule has 0 aromatic carbocycles. The fraction of sp³-hybridized carbons (Fsp3) is 0.800. The van der Waals surface area contributed by atoms with Crippen LogP contribution in [0.15, 0.2) is 0 Å². The molecule has 0 aliphatic carbocycles. The first kappa shape index (κ1) is 14.9. The van der Waals surface area contributed by atoms with E-state index in [2.05, 4.69) is 4.74 Å². The van der Waals surface area contributed by atoms with Gasteiger partial charge in [-0.3, -0.25) is 4.79 Å². The smallest absolute Gasteiger partial charge is 0.748 e. The fourth-order valence-corrected chi connectivity index (χ4v) is 0.923. The maximum Gasteiger partial charge on any atom is 1.00 e. The van der Waals surface area contributed by atoms with E-state index in [1.807, 2.05) is 0 Å². The van der Waals surface area contributed by atoms with Crippen LogP contribution in [0, 0.1) is 0 Å². The monoisotopic (exact) mass is 204 g/mol. The molecule has 0 amide bonds. The van der Waals surface area contributed by atoms with Gasteiger partial charge in [0.15, 0.2) is 0 Å². The number of carbonyl (C=O) groups excluding carboxylic acids is 1. The maximum absolute atomic E-state index is 10.1.